The molecule has 2 heterocycles. The molecule has 2 aromatic carbocycles. The summed E-state index contributed by atoms with van der Waals surface area (Å²) in [5, 5.41) is 0. The zero-order valence-electron chi connectivity index (χ0n) is 13.1. The quantitative estimate of drug-likeness (QED) is 0.694. The van der Waals surface area contributed by atoms with Crippen LogP contribution in [0.4, 0.5) is 13.2 Å². The summed E-state index contributed by atoms with van der Waals surface area (Å²) in [7, 11) is 0. The van der Waals surface area contributed by atoms with E-state index in [2.05, 4.69) is 4.98 Å². The summed E-state index contributed by atoms with van der Waals surface area (Å²) in [4.78, 5) is 4.61. The Balaban J connectivity index is 1.79. The first-order valence-electron chi connectivity index (χ1n) is 7.80. The number of aryl methyl sites for hydroxylation is 1. The maximum absolute atomic E-state index is 14.1. The molecular formula is C18H16F3N3. The van der Waals surface area contributed by atoms with E-state index in [1.165, 1.54) is 0 Å². The number of fused-ring (bicyclic) bond motifs is 3. The third kappa shape index (κ3) is 2.29. The summed E-state index contributed by atoms with van der Waals surface area (Å²) in [5.74, 6) is -2.68. The minimum atomic E-state index is -1.19. The van der Waals surface area contributed by atoms with E-state index in [0.29, 0.717) is 19.0 Å². The summed E-state index contributed by atoms with van der Waals surface area (Å²) < 4.78 is 42.9. The molecule has 0 radical (unpaired) electrons. The molecule has 1 aliphatic heterocycles. The summed E-state index contributed by atoms with van der Waals surface area (Å²) in [5.41, 5.74) is 9.29. The van der Waals surface area contributed by atoms with Crippen molar-refractivity contribution < 1.29 is 13.2 Å². The molecular weight excluding hydrogens is 315 g/mol. The zero-order valence-corrected chi connectivity index (χ0v) is 13.1. The highest BCUT2D eigenvalue weighted by Gasteiger charge is 2.32. The molecule has 0 unspecified atom stereocenters. The lowest BCUT2D eigenvalue weighted by Gasteiger charge is -2.30. The lowest BCUT2D eigenvalue weighted by molar-refractivity contribution is 0.392. The van der Waals surface area contributed by atoms with Crippen LogP contribution in [0.15, 0.2) is 30.3 Å². The van der Waals surface area contributed by atoms with Crippen LogP contribution in [0.2, 0.25) is 0 Å². The highest BCUT2D eigenvalue weighted by atomic mass is 19.2. The number of aromatic nitrogens is 2. The van der Waals surface area contributed by atoms with Gasteiger partial charge < -0.3 is 10.3 Å². The lowest BCUT2D eigenvalue weighted by atomic mass is 9.86. The van der Waals surface area contributed by atoms with Gasteiger partial charge in [-0.25, -0.2) is 18.2 Å². The molecule has 124 valence electrons. The summed E-state index contributed by atoms with van der Waals surface area (Å²) >= 11 is 0. The Hall–Kier alpha value is -2.34. The minimum absolute atomic E-state index is 0.107. The normalized spacial score (nSPS) is 20.4. The van der Waals surface area contributed by atoms with Crippen LogP contribution in [0.25, 0.3) is 11.0 Å². The largest absolute Gasteiger partial charge is 0.326 e. The molecule has 0 bridgehead atoms. The molecule has 0 spiro atoms. The van der Waals surface area contributed by atoms with Crippen LogP contribution in [0, 0.1) is 24.4 Å². The lowest BCUT2D eigenvalue weighted by Crippen LogP contribution is -2.39. The number of hydrogen-bond donors (Lipinski definition) is 1. The molecule has 2 N–H and O–H groups in total. The molecule has 0 aliphatic carbocycles. The van der Waals surface area contributed by atoms with Gasteiger partial charge in [-0.3, -0.25) is 0 Å². The van der Waals surface area contributed by atoms with E-state index in [-0.39, 0.29) is 5.56 Å². The summed E-state index contributed by atoms with van der Waals surface area (Å²) in [6, 6.07) is 7.07. The Kier molecular flexibility index (Phi) is 3.38. The number of benzene rings is 2. The number of hydrogen-bond acceptors (Lipinski definition) is 2. The fourth-order valence-corrected chi connectivity index (χ4v) is 3.50. The first-order valence-corrected chi connectivity index (χ1v) is 7.80. The Morgan fingerprint density at radius 2 is 1.83 bits per heavy atom. The van der Waals surface area contributed by atoms with Crippen molar-refractivity contribution in [3.05, 3.63) is 64.7 Å². The smallest absolute Gasteiger partial charge is 0.161 e. The third-order valence-corrected chi connectivity index (χ3v) is 4.73. The Morgan fingerprint density at radius 3 is 2.62 bits per heavy atom. The van der Waals surface area contributed by atoms with Crippen LogP contribution < -0.4 is 5.73 Å². The molecule has 3 aromatic rings. The van der Waals surface area contributed by atoms with Crippen molar-refractivity contribution in [3.63, 3.8) is 0 Å². The van der Waals surface area contributed by atoms with Gasteiger partial charge in [-0.05, 0) is 36.2 Å². The molecule has 0 saturated heterocycles. The fourth-order valence-electron chi connectivity index (χ4n) is 3.50. The van der Waals surface area contributed by atoms with Crippen molar-refractivity contribution in [3.8, 4) is 0 Å². The maximum atomic E-state index is 14.1. The molecule has 24 heavy (non-hydrogen) atoms. The molecule has 1 aliphatic rings. The standard InChI is InChI=1S/C18H16F3N3/c1-9-2-3-17-16(4-9)23-18-6-11(15(22)8-24(17)18)10-5-13(20)14(21)7-12(10)19/h2-5,7,11,15H,6,8,22H2,1H3/t11-,15+/m1/s1. The van der Waals surface area contributed by atoms with Crippen molar-refractivity contribution in [1.29, 1.82) is 0 Å². The van der Waals surface area contributed by atoms with Crippen molar-refractivity contribution in [1.82, 2.24) is 9.55 Å². The number of imidazole rings is 1. The highest BCUT2D eigenvalue weighted by molar-refractivity contribution is 5.77. The molecule has 2 atom stereocenters. The van der Waals surface area contributed by atoms with Crippen molar-refractivity contribution >= 4 is 11.0 Å². The van der Waals surface area contributed by atoms with Gasteiger partial charge in [0.1, 0.15) is 11.6 Å². The first-order chi connectivity index (χ1) is 11.4. The Labute approximate surface area is 136 Å². The second kappa shape index (κ2) is 5.34. The molecule has 0 amide bonds. The zero-order chi connectivity index (χ0) is 17.0. The van der Waals surface area contributed by atoms with Gasteiger partial charge in [-0.1, -0.05) is 6.07 Å². The topological polar surface area (TPSA) is 43.8 Å². The van der Waals surface area contributed by atoms with E-state index in [1.807, 2.05) is 29.7 Å². The predicted octanol–water partition coefficient (Wildman–Crippen LogP) is 3.43. The van der Waals surface area contributed by atoms with Gasteiger partial charge in [0.2, 0.25) is 0 Å². The molecule has 4 rings (SSSR count). The maximum Gasteiger partial charge on any atom is 0.161 e. The van der Waals surface area contributed by atoms with Gasteiger partial charge in [-0.15, -0.1) is 0 Å². The van der Waals surface area contributed by atoms with Gasteiger partial charge in [-0.2, -0.15) is 0 Å². The predicted molar refractivity (Wildman–Crippen MR) is 85.2 cm³/mol. The molecule has 1 aromatic heterocycles. The van der Waals surface area contributed by atoms with Crippen LogP contribution >= 0.6 is 0 Å². The van der Waals surface area contributed by atoms with Crippen LogP contribution in [0.1, 0.15) is 22.9 Å². The monoisotopic (exact) mass is 331 g/mol. The van der Waals surface area contributed by atoms with Crippen LogP contribution in [-0.2, 0) is 13.0 Å². The number of halogens is 3. The van der Waals surface area contributed by atoms with E-state index in [9.17, 15) is 13.2 Å². The van der Waals surface area contributed by atoms with Crippen molar-refractivity contribution in [2.45, 2.75) is 31.8 Å². The van der Waals surface area contributed by atoms with Gasteiger partial charge in [0, 0.05) is 31.0 Å². The number of nitrogens with zero attached hydrogens (tertiary/aromatic N) is 2. The van der Waals surface area contributed by atoms with Crippen molar-refractivity contribution in [2.24, 2.45) is 5.73 Å². The van der Waals surface area contributed by atoms with E-state index >= 15 is 0 Å². The first kappa shape index (κ1) is 15.2. The van der Waals surface area contributed by atoms with E-state index in [4.69, 9.17) is 5.73 Å². The van der Waals surface area contributed by atoms with E-state index in [1.54, 1.807) is 0 Å². The molecule has 6 heteroatoms. The van der Waals surface area contributed by atoms with Gasteiger partial charge in [0.05, 0.1) is 11.0 Å². The number of rotatable bonds is 1. The van der Waals surface area contributed by atoms with Crippen LogP contribution in [0.5, 0.6) is 0 Å². The molecule has 3 nitrogen and oxygen atoms in total. The third-order valence-electron chi connectivity index (χ3n) is 4.73. The van der Waals surface area contributed by atoms with Gasteiger partial charge in [0.25, 0.3) is 0 Å². The van der Waals surface area contributed by atoms with Crippen LogP contribution in [0.3, 0.4) is 0 Å². The minimum Gasteiger partial charge on any atom is -0.326 e. The average Bonchev–Trinajstić information content (AvgIpc) is 2.86. The van der Waals surface area contributed by atoms with Crippen LogP contribution in [-0.4, -0.2) is 15.6 Å². The second-order valence-corrected chi connectivity index (χ2v) is 6.39. The molecule has 0 saturated carbocycles. The Bertz CT molecular complexity index is 948. The van der Waals surface area contributed by atoms with E-state index < -0.39 is 29.4 Å². The fraction of sp³-hybridized carbons (Fsp3) is 0.278. The van der Waals surface area contributed by atoms with Gasteiger partial charge >= 0.3 is 0 Å². The highest BCUT2D eigenvalue weighted by Crippen LogP contribution is 2.33. The summed E-state index contributed by atoms with van der Waals surface area (Å²) in [6.07, 6.45) is 0.386. The SMILES string of the molecule is Cc1ccc2c(c1)nc1n2C[C@H](N)[C@@H](c2cc(F)c(F)cc2F)C1. The van der Waals surface area contributed by atoms with Crippen molar-refractivity contribution in [2.75, 3.05) is 0 Å². The second-order valence-electron chi connectivity index (χ2n) is 6.39. The number of nitrogens with two attached hydrogens (primary N) is 1. The molecule has 0 fully saturated rings. The average molecular weight is 331 g/mol. The Morgan fingerprint density at radius 1 is 1.08 bits per heavy atom. The van der Waals surface area contributed by atoms with Gasteiger partial charge in [0.15, 0.2) is 11.6 Å². The van der Waals surface area contributed by atoms with E-state index in [0.717, 1.165) is 28.5 Å². The summed E-state index contributed by atoms with van der Waals surface area (Å²) in [6.45, 7) is 2.45.